The molecule has 3 rings (SSSR count). The van der Waals surface area contributed by atoms with Gasteiger partial charge in [0.05, 0.1) is 18.2 Å². The third-order valence-electron chi connectivity index (χ3n) is 4.10. The standard InChI is InChI=1S/C19H17NO5/c1-11-7-8-13(18(22)24-2)9-15(11)20-17(21)16-10-12-5-3-4-6-14(12)19(23)25-16/h3-9,16H,10H2,1-2H3,(H,20,21)/t16-/m0/s1. The van der Waals surface area contributed by atoms with Crippen LogP contribution in [0.2, 0.25) is 0 Å². The number of benzene rings is 2. The Balaban J connectivity index is 1.79. The summed E-state index contributed by atoms with van der Waals surface area (Å²) < 4.78 is 9.93. The second-order valence-electron chi connectivity index (χ2n) is 5.77. The normalized spacial score (nSPS) is 15.8. The van der Waals surface area contributed by atoms with E-state index in [1.165, 1.54) is 13.2 Å². The van der Waals surface area contributed by atoms with Gasteiger partial charge in [0.1, 0.15) is 0 Å². The van der Waals surface area contributed by atoms with Crippen LogP contribution in [0, 0.1) is 6.92 Å². The van der Waals surface area contributed by atoms with E-state index in [4.69, 9.17) is 4.74 Å². The van der Waals surface area contributed by atoms with Crippen molar-refractivity contribution < 1.29 is 23.9 Å². The zero-order valence-corrected chi connectivity index (χ0v) is 13.9. The van der Waals surface area contributed by atoms with Crippen molar-refractivity contribution >= 4 is 23.5 Å². The number of nitrogens with one attached hydrogen (secondary N) is 1. The van der Waals surface area contributed by atoms with E-state index in [2.05, 4.69) is 10.1 Å². The Morgan fingerprint density at radius 1 is 1.20 bits per heavy atom. The van der Waals surface area contributed by atoms with E-state index < -0.39 is 23.9 Å². The number of cyclic esters (lactones) is 1. The first-order valence-electron chi connectivity index (χ1n) is 7.78. The van der Waals surface area contributed by atoms with Crippen molar-refractivity contribution in [1.29, 1.82) is 0 Å². The first-order chi connectivity index (χ1) is 12.0. The summed E-state index contributed by atoms with van der Waals surface area (Å²) in [7, 11) is 1.29. The Morgan fingerprint density at radius 3 is 2.72 bits per heavy atom. The number of aryl methyl sites for hydroxylation is 1. The Morgan fingerprint density at radius 2 is 1.96 bits per heavy atom. The quantitative estimate of drug-likeness (QED) is 0.869. The van der Waals surface area contributed by atoms with E-state index in [9.17, 15) is 14.4 Å². The zero-order chi connectivity index (χ0) is 18.0. The average molecular weight is 339 g/mol. The molecule has 6 heteroatoms. The molecule has 1 atom stereocenters. The summed E-state index contributed by atoms with van der Waals surface area (Å²) in [6.45, 7) is 1.80. The molecule has 0 aliphatic carbocycles. The molecule has 0 bridgehead atoms. The Labute approximate surface area is 144 Å². The molecule has 1 heterocycles. The van der Waals surface area contributed by atoms with Gasteiger partial charge in [0.15, 0.2) is 6.10 Å². The highest BCUT2D eigenvalue weighted by molar-refractivity contribution is 6.01. The van der Waals surface area contributed by atoms with Crippen molar-refractivity contribution in [1.82, 2.24) is 0 Å². The monoisotopic (exact) mass is 339 g/mol. The molecule has 0 radical (unpaired) electrons. The molecule has 1 N–H and O–H groups in total. The number of ether oxygens (including phenoxy) is 2. The van der Waals surface area contributed by atoms with Crippen LogP contribution in [0.3, 0.4) is 0 Å². The van der Waals surface area contributed by atoms with Crippen LogP contribution >= 0.6 is 0 Å². The predicted molar refractivity (Wildman–Crippen MR) is 90.5 cm³/mol. The van der Waals surface area contributed by atoms with Crippen molar-refractivity contribution in [3.05, 3.63) is 64.7 Å². The second kappa shape index (κ2) is 6.76. The zero-order valence-electron chi connectivity index (χ0n) is 13.9. The number of hydrogen-bond donors (Lipinski definition) is 1. The van der Waals surface area contributed by atoms with Crippen LogP contribution < -0.4 is 5.32 Å². The van der Waals surface area contributed by atoms with E-state index in [0.29, 0.717) is 23.2 Å². The number of carbonyl (C=O) groups excluding carboxylic acids is 3. The molecule has 1 amide bonds. The molecule has 2 aromatic carbocycles. The van der Waals surface area contributed by atoms with E-state index in [-0.39, 0.29) is 0 Å². The molecular weight excluding hydrogens is 322 g/mol. The van der Waals surface area contributed by atoms with Crippen molar-refractivity contribution in [2.24, 2.45) is 0 Å². The maximum atomic E-state index is 12.5. The maximum Gasteiger partial charge on any atom is 0.339 e. The van der Waals surface area contributed by atoms with E-state index in [0.717, 1.165) is 11.1 Å². The van der Waals surface area contributed by atoms with Gasteiger partial charge < -0.3 is 14.8 Å². The van der Waals surface area contributed by atoms with Gasteiger partial charge in [-0.15, -0.1) is 0 Å². The first kappa shape index (κ1) is 16.7. The fourth-order valence-electron chi connectivity index (χ4n) is 2.69. The summed E-state index contributed by atoms with van der Waals surface area (Å²) in [5.41, 5.74) is 2.84. The number of fused-ring (bicyclic) bond motifs is 1. The molecule has 128 valence electrons. The molecule has 0 saturated carbocycles. The number of rotatable bonds is 3. The van der Waals surface area contributed by atoms with Crippen LogP contribution in [0.4, 0.5) is 5.69 Å². The van der Waals surface area contributed by atoms with Crippen LogP contribution in [0.1, 0.15) is 31.8 Å². The summed E-state index contributed by atoms with van der Waals surface area (Å²) in [5.74, 6) is -1.44. The van der Waals surface area contributed by atoms with Crippen molar-refractivity contribution in [3.63, 3.8) is 0 Å². The minimum atomic E-state index is -0.913. The van der Waals surface area contributed by atoms with Crippen LogP contribution in [-0.2, 0) is 20.7 Å². The van der Waals surface area contributed by atoms with Crippen molar-refractivity contribution in [2.45, 2.75) is 19.4 Å². The molecule has 1 aliphatic rings. The Hall–Kier alpha value is -3.15. The molecule has 1 aliphatic heterocycles. The lowest BCUT2D eigenvalue weighted by Crippen LogP contribution is -2.38. The summed E-state index contributed by atoms with van der Waals surface area (Å²) in [6.07, 6.45) is -0.604. The largest absolute Gasteiger partial charge is 0.465 e. The second-order valence-corrected chi connectivity index (χ2v) is 5.77. The third kappa shape index (κ3) is 3.38. The lowest BCUT2D eigenvalue weighted by molar-refractivity contribution is -0.125. The maximum absolute atomic E-state index is 12.5. The highest BCUT2D eigenvalue weighted by Gasteiger charge is 2.31. The lowest BCUT2D eigenvalue weighted by Gasteiger charge is -2.24. The predicted octanol–water partition coefficient (Wildman–Crippen LogP) is 2.50. The number of hydrogen-bond acceptors (Lipinski definition) is 5. The van der Waals surface area contributed by atoms with Gasteiger partial charge in [-0.2, -0.15) is 0 Å². The SMILES string of the molecule is COC(=O)c1ccc(C)c(NC(=O)[C@@H]2Cc3ccccc3C(=O)O2)c1. The Kier molecular flexibility index (Phi) is 4.52. The third-order valence-corrected chi connectivity index (χ3v) is 4.10. The molecular formula is C19H17NO5. The lowest BCUT2D eigenvalue weighted by atomic mass is 9.98. The summed E-state index contributed by atoms with van der Waals surface area (Å²) in [4.78, 5) is 36.2. The number of methoxy groups -OCH3 is 1. The van der Waals surface area contributed by atoms with Crippen molar-refractivity contribution in [3.8, 4) is 0 Å². The van der Waals surface area contributed by atoms with Crippen LogP contribution in [0.5, 0.6) is 0 Å². The summed E-state index contributed by atoms with van der Waals surface area (Å²) in [5, 5.41) is 2.73. The number of anilines is 1. The number of amides is 1. The first-order valence-corrected chi connectivity index (χ1v) is 7.78. The van der Waals surface area contributed by atoms with Crippen LogP contribution in [0.25, 0.3) is 0 Å². The van der Waals surface area contributed by atoms with Gasteiger partial charge >= 0.3 is 11.9 Å². The highest BCUT2D eigenvalue weighted by Crippen LogP contribution is 2.23. The van der Waals surface area contributed by atoms with Gasteiger partial charge in [-0.3, -0.25) is 4.79 Å². The summed E-state index contributed by atoms with van der Waals surface area (Å²) in [6, 6.07) is 11.9. The van der Waals surface area contributed by atoms with E-state index >= 15 is 0 Å². The molecule has 0 spiro atoms. The van der Waals surface area contributed by atoms with Gasteiger partial charge in [-0.1, -0.05) is 24.3 Å². The molecule has 0 fully saturated rings. The van der Waals surface area contributed by atoms with Gasteiger partial charge in [0.25, 0.3) is 5.91 Å². The topological polar surface area (TPSA) is 81.7 Å². The van der Waals surface area contributed by atoms with Gasteiger partial charge in [-0.25, -0.2) is 9.59 Å². The van der Waals surface area contributed by atoms with Gasteiger partial charge in [0.2, 0.25) is 0 Å². The minimum absolute atomic E-state index is 0.309. The molecule has 25 heavy (non-hydrogen) atoms. The highest BCUT2D eigenvalue weighted by atomic mass is 16.5. The van der Waals surface area contributed by atoms with Crippen molar-refractivity contribution in [2.75, 3.05) is 12.4 Å². The molecule has 2 aromatic rings. The molecule has 0 unspecified atom stereocenters. The van der Waals surface area contributed by atoms with Gasteiger partial charge in [0, 0.05) is 12.1 Å². The van der Waals surface area contributed by atoms with E-state index in [1.54, 1.807) is 37.3 Å². The van der Waals surface area contributed by atoms with E-state index in [1.807, 2.05) is 6.07 Å². The Bertz CT molecular complexity index is 859. The number of carbonyl (C=O) groups is 3. The van der Waals surface area contributed by atoms with Crippen LogP contribution in [0.15, 0.2) is 42.5 Å². The fraction of sp³-hybridized carbons (Fsp3) is 0.211. The van der Waals surface area contributed by atoms with Crippen LogP contribution in [-0.4, -0.2) is 31.1 Å². The average Bonchev–Trinajstić information content (AvgIpc) is 2.62. The molecule has 0 aromatic heterocycles. The van der Waals surface area contributed by atoms with Gasteiger partial charge in [-0.05, 0) is 36.2 Å². The smallest absolute Gasteiger partial charge is 0.339 e. The minimum Gasteiger partial charge on any atom is -0.465 e. The summed E-state index contributed by atoms with van der Waals surface area (Å²) >= 11 is 0. The number of esters is 2. The molecule has 6 nitrogen and oxygen atoms in total. The fourth-order valence-corrected chi connectivity index (χ4v) is 2.69. The molecule has 0 saturated heterocycles.